The van der Waals surface area contributed by atoms with E-state index in [1.54, 1.807) is 6.07 Å². The van der Waals surface area contributed by atoms with Gasteiger partial charge in [0.1, 0.15) is 0 Å². The Morgan fingerprint density at radius 3 is 2.48 bits per heavy atom. The van der Waals surface area contributed by atoms with Gasteiger partial charge in [-0.3, -0.25) is 14.9 Å². The first kappa shape index (κ1) is 19.6. The molecule has 2 saturated carbocycles. The number of rotatable bonds is 6. The molecule has 0 atom stereocenters. The smallest absolute Gasteiger partial charge is 0.270 e. The van der Waals surface area contributed by atoms with Crippen LogP contribution in [-0.4, -0.2) is 34.6 Å². The average Bonchev–Trinajstić information content (AvgIpc) is 2.69. The van der Waals surface area contributed by atoms with Crippen molar-refractivity contribution in [1.82, 2.24) is 5.32 Å². The quantitative estimate of drug-likeness (QED) is 0.520. The highest BCUT2D eigenvalue weighted by molar-refractivity contribution is 6.00. The number of nitro benzene ring substituents is 1. The van der Waals surface area contributed by atoms with Crippen LogP contribution in [0.15, 0.2) is 18.2 Å². The van der Waals surface area contributed by atoms with E-state index in [-0.39, 0.29) is 23.7 Å². The van der Waals surface area contributed by atoms with Gasteiger partial charge in [-0.2, -0.15) is 0 Å². The standard InChI is InChI=1S/C20H29N3O4/c24-17-9-6-15(7-10-17)22-19-11-8-16(23(26)27)12-18(19)20(25)21-13-14-4-2-1-3-5-14/h8,11-12,14-15,17,22,24H,1-7,9-10,13H2,(H,21,25). The van der Waals surface area contributed by atoms with Crippen LogP contribution >= 0.6 is 0 Å². The maximum atomic E-state index is 12.8. The van der Waals surface area contributed by atoms with Gasteiger partial charge < -0.3 is 15.7 Å². The zero-order valence-corrected chi connectivity index (χ0v) is 15.7. The largest absolute Gasteiger partial charge is 0.393 e. The number of aliphatic hydroxyl groups is 1. The van der Waals surface area contributed by atoms with Crippen LogP contribution in [0.3, 0.4) is 0 Å². The summed E-state index contributed by atoms with van der Waals surface area (Å²) in [4.78, 5) is 23.4. The Hall–Kier alpha value is -2.15. The van der Waals surface area contributed by atoms with Gasteiger partial charge in [-0.05, 0) is 50.5 Å². The molecule has 2 aliphatic carbocycles. The molecule has 0 spiro atoms. The van der Waals surface area contributed by atoms with Crippen molar-refractivity contribution in [1.29, 1.82) is 0 Å². The van der Waals surface area contributed by atoms with Gasteiger partial charge in [0.15, 0.2) is 0 Å². The molecule has 1 aromatic rings. The zero-order chi connectivity index (χ0) is 19.2. The Bertz CT molecular complexity index is 665. The normalized spacial score (nSPS) is 23.6. The third-order valence-corrected chi connectivity index (χ3v) is 5.79. The summed E-state index contributed by atoms with van der Waals surface area (Å²) < 4.78 is 0. The molecule has 148 valence electrons. The number of hydrogen-bond donors (Lipinski definition) is 3. The number of nitrogens with zero attached hydrogens (tertiary/aromatic N) is 1. The predicted octanol–water partition coefficient (Wildman–Crippen LogP) is 3.62. The van der Waals surface area contributed by atoms with Gasteiger partial charge in [0.2, 0.25) is 0 Å². The van der Waals surface area contributed by atoms with Gasteiger partial charge >= 0.3 is 0 Å². The number of carbonyl (C=O) groups excluding carboxylic acids is 1. The van der Waals surface area contributed by atoms with Crippen molar-refractivity contribution in [2.45, 2.75) is 69.9 Å². The molecule has 0 heterocycles. The lowest BCUT2D eigenvalue weighted by Gasteiger charge is -2.28. The van der Waals surface area contributed by atoms with Crippen LogP contribution < -0.4 is 10.6 Å². The minimum Gasteiger partial charge on any atom is -0.393 e. The molecule has 3 rings (SSSR count). The van der Waals surface area contributed by atoms with Gasteiger partial charge in [0.05, 0.1) is 16.6 Å². The van der Waals surface area contributed by atoms with Gasteiger partial charge in [0.25, 0.3) is 11.6 Å². The Balaban J connectivity index is 1.70. The SMILES string of the molecule is O=C(NCC1CCCCC1)c1cc([N+](=O)[O-])ccc1NC1CCC(O)CC1. The van der Waals surface area contributed by atoms with Crippen molar-refractivity contribution in [3.05, 3.63) is 33.9 Å². The van der Waals surface area contributed by atoms with Crippen molar-refractivity contribution in [3.8, 4) is 0 Å². The molecule has 0 radical (unpaired) electrons. The first-order valence-electron chi connectivity index (χ1n) is 10.0. The Morgan fingerprint density at radius 1 is 1.11 bits per heavy atom. The Morgan fingerprint density at radius 2 is 1.81 bits per heavy atom. The van der Waals surface area contributed by atoms with E-state index in [4.69, 9.17) is 0 Å². The van der Waals surface area contributed by atoms with Crippen molar-refractivity contribution < 1.29 is 14.8 Å². The molecule has 0 aromatic heterocycles. The minimum absolute atomic E-state index is 0.0811. The van der Waals surface area contributed by atoms with E-state index in [1.807, 2.05) is 0 Å². The summed E-state index contributed by atoms with van der Waals surface area (Å²) in [6.45, 7) is 0.622. The second kappa shape index (κ2) is 9.17. The number of nitro groups is 1. The van der Waals surface area contributed by atoms with Crippen LogP contribution in [-0.2, 0) is 0 Å². The lowest BCUT2D eigenvalue weighted by molar-refractivity contribution is -0.384. The molecule has 2 fully saturated rings. The fraction of sp³-hybridized carbons (Fsp3) is 0.650. The van der Waals surface area contributed by atoms with E-state index in [0.717, 1.165) is 38.5 Å². The fourth-order valence-corrected chi connectivity index (χ4v) is 4.12. The highest BCUT2D eigenvalue weighted by Crippen LogP contribution is 2.27. The molecule has 0 saturated heterocycles. The molecular formula is C20H29N3O4. The van der Waals surface area contributed by atoms with E-state index < -0.39 is 4.92 Å². The molecule has 0 unspecified atom stereocenters. The first-order chi connectivity index (χ1) is 13.0. The molecule has 1 aromatic carbocycles. The van der Waals surface area contributed by atoms with E-state index in [1.165, 1.54) is 31.4 Å². The first-order valence-corrected chi connectivity index (χ1v) is 10.0. The highest BCUT2D eigenvalue weighted by Gasteiger charge is 2.23. The van der Waals surface area contributed by atoms with Crippen LogP contribution in [0.5, 0.6) is 0 Å². The maximum Gasteiger partial charge on any atom is 0.270 e. The van der Waals surface area contributed by atoms with Crippen LogP contribution in [0, 0.1) is 16.0 Å². The number of non-ortho nitro benzene ring substituents is 1. The fourth-order valence-electron chi connectivity index (χ4n) is 4.12. The van der Waals surface area contributed by atoms with E-state index in [2.05, 4.69) is 10.6 Å². The number of anilines is 1. The summed E-state index contributed by atoms with van der Waals surface area (Å²) in [6, 6.07) is 4.58. The third-order valence-electron chi connectivity index (χ3n) is 5.79. The van der Waals surface area contributed by atoms with Crippen LogP contribution in [0.1, 0.15) is 68.1 Å². The molecule has 7 nitrogen and oxygen atoms in total. The summed E-state index contributed by atoms with van der Waals surface area (Å²) in [5, 5.41) is 27.1. The van der Waals surface area contributed by atoms with Crippen LogP contribution in [0.25, 0.3) is 0 Å². The van der Waals surface area contributed by atoms with E-state index >= 15 is 0 Å². The van der Waals surface area contributed by atoms with Crippen molar-refractivity contribution >= 4 is 17.3 Å². The van der Waals surface area contributed by atoms with Gasteiger partial charge in [-0.1, -0.05) is 19.3 Å². The average molecular weight is 375 g/mol. The van der Waals surface area contributed by atoms with Crippen LogP contribution in [0.4, 0.5) is 11.4 Å². The molecule has 27 heavy (non-hydrogen) atoms. The van der Waals surface area contributed by atoms with Crippen molar-refractivity contribution in [3.63, 3.8) is 0 Å². The second-order valence-electron chi connectivity index (χ2n) is 7.85. The summed E-state index contributed by atoms with van der Waals surface area (Å²) >= 11 is 0. The molecule has 7 heteroatoms. The topological polar surface area (TPSA) is 104 Å². The van der Waals surface area contributed by atoms with E-state index in [9.17, 15) is 20.0 Å². The monoisotopic (exact) mass is 375 g/mol. The number of benzene rings is 1. The molecule has 3 N–H and O–H groups in total. The maximum absolute atomic E-state index is 12.8. The van der Waals surface area contributed by atoms with E-state index in [0.29, 0.717) is 23.7 Å². The number of carbonyl (C=O) groups is 1. The van der Waals surface area contributed by atoms with Gasteiger partial charge in [-0.25, -0.2) is 0 Å². The zero-order valence-electron chi connectivity index (χ0n) is 15.7. The summed E-state index contributed by atoms with van der Waals surface area (Å²) in [5.41, 5.74) is 0.872. The third kappa shape index (κ3) is 5.42. The van der Waals surface area contributed by atoms with Gasteiger partial charge in [-0.15, -0.1) is 0 Å². The molecule has 1 amide bonds. The van der Waals surface area contributed by atoms with Gasteiger partial charge in [0, 0.05) is 30.4 Å². The second-order valence-corrected chi connectivity index (χ2v) is 7.85. The summed E-state index contributed by atoms with van der Waals surface area (Å²) in [6.07, 6.45) is 8.78. The molecule has 0 bridgehead atoms. The lowest BCUT2D eigenvalue weighted by atomic mass is 9.89. The summed E-state index contributed by atoms with van der Waals surface area (Å²) in [5.74, 6) is 0.236. The number of nitrogens with one attached hydrogen (secondary N) is 2. The minimum atomic E-state index is -0.474. The predicted molar refractivity (Wildman–Crippen MR) is 104 cm³/mol. The van der Waals surface area contributed by atoms with Crippen LogP contribution in [0.2, 0.25) is 0 Å². The molecule has 2 aliphatic rings. The lowest BCUT2D eigenvalue weighted by Crippen LogP contribution is -2.32. The van der Waals surface area contributed by atoms with Crippen molar-refractivity contribution in [2.24, 2.45) is 5.92 Å². The molecule has 0 aliphatic heterocycles. The Labute approximate surface area is 159 Å². The molecular weight excluding hydrogens is 346 g/mol. The number of aliphatic hydroxyl groups excluding tert-OH is 1. The number of hydrogen-bond acceptors (Lipinski definition) is 5. The Kier molecular flexibility index (Phi) is 6.66. The highest BCUT2D eigenvalue weighted by atomic mass is 16.6. The number of amides is 1. The summed E-state index contributed by atoms with van der Waals surface area (Å²) in [7, 11) is 0. The van der Waals surface area contributed by atoms with Crippen molar-refractivity contribution in [2.75, 3.05) is 11.9 Å².